The van der Waals surface area contributed by atoms with Crippen LogP contribution >= 0.6 is 0 Å². The number of nitrogens with zero attached hydrogens (tertiary/aromatic N) is 1. The molecular formula is C13H16N2O7S. The lowest BCUT2D eigenvalue weighted by molar-refractivity contribution is -0.770. The molecule has 9 nitrogen and oxygen atoms in total. The highest BCUT2D eigenvalue weighted by Crippen LogP contribution is 2.30. The van der Waals surface area contributed by atoms with Gasteiger partial charge >= 0.3 is 0 Å². The van der Waals surface area contributed by atoms with Crippen LogP contribution in [0, 0.1) is 16.0 Å². The van der Waals surface area contributed by atoms with Crippen molar-refractivity contribution in [1.29, 1.82) is 0 Å². The van der Waals surface area contributed by atoms with Crippen molar-refractivity contribution in [1.82, 2.24) is 4.72 Å². The summed E-state index contributed by atoms with van der Waals surface area (Å²) in [6.07, 6.45) is -1.39. The largest absolute Gasteiger partial charge is 0.379 e. The third-order valence-corrected chi connectivity index (χ3v) is 4.99. The second kappa shape index (κ2) is 6.92. The van der Waals surface area contributed by atoms with Crippen molar-refractivity contribution in [3.8, 4) is 0 Å². The Bertz CT molecular complexity index is 677. The molecule has 0 radical (unpaired) electrons. The smallest absolute Gasteiger partial charge is 0.294 e. The van der Waals surface area contributed by atoms with Crippen molar-refractivity contribution in [3.63, 3.8) is 0 Å². The van der Waals surface area contributed by atoms with Crippen LogP contribution in [0.15, 0.2) is 35.2 Å². The van der Waals surface area contributed by atoms with Crippen molar-refractivity contribution in [3.05, 3.63) is 40.4 Å². The number of sulfonamides is 1. The van der Waals surface area contributed by atoms with Crippen molar-refractivity contribution >= 4 is 15.9 Å². The number of carbonyl (C=O) groups excluding carboxylic acids is 1. The Morgan fingerprint density at radius 3 is 2.43 bits per heavy atom. The molecule has 1 fully saturated rings. The zero-order valence-electron chi connectivity index (χ0n) is 12.2. The molecule has 0 unspecified atom stereocenters. The molecule has 1 amide bonds. The minimum Gasteiger partial charge on any atom is -0.379 e. The summed E-state index contributed by atoms with van der Waals surface area (Å²) in [5.41, 5.74) is 0. The summed E-state index contributed by atoms with van der Waals surface area (Å²) >= 11 is 0. The SMILES string of the molecule is CO[C@H]1C[C@@H](C(=O)NS(=O)(=O)c2ccccc2)C[C@@H]1O[N+](=O)[O-]. The first-order chi connectivity index (χ1) is 10.8. The highest BCUT2D eigenvalue weighted by atomic mass is 32.2. The number of nitrogens with one attached hydrogen (secondary N) is 1. The van der Waals surface area contributed by atoms with Gasteiger partial charge in [-0.1, -0.05) is 18.2 Å². The predicted octanol–water partition coefficient (Wildman–Crippen LogP) is 0.493. The maximum absolute atomic E-state index is 12.2. The molecule has 0 saturated heterocycles. The van der Waals surface area contributed by atoms with Crippen LogP contribution in [0.25, 0.3) is 0 Å². The fraction of sp³-hybridized carbons (Fsp3) is 0.462. The molecule has 0 heterocycles. The number of carbonyl (C=O) groups is 1. The quantitative estimate of drug-likeness (QED) is 0.588. The van der Waals surface area contributed by atoms with Gasteiger partial charge in [-0.3, -0.25) is 4.79 Å². The van der Waals surface area contributed by atoms with Gasteiger partial charge < -0.3 is 9.57 Å². The summed E-state index contributed by atoms with van der Waals surface area (Å²) in [4.78, 5) is 27.0. The molecule has 1 N–H and O–H groups in total. The van der Waals surface area contributed by atoms with Gasteiger partial charge in [0.2, 0.25) is 5.91 Å². The zero-order valence-corrected chi connectivity index (χ0v) is 13.1. The lowest BCUT2D eigenvalue weighted by Gasteiger charge is -2.14. The molecule has 2 rings (SSSR count). The van der Waals surface area contributed by atoms with E-state index in [1.54, 1.807) is 6.07 Å². The number of benzene rings is 1. The molecule has 0 aromatic heterocycles. The molecule has 3 atom stereocenters. The first-order valence-corrected chi connectivity index (χ1v) is 8.27. The Kier molecular flexibility index (Phi) is 5.16. The summed E-state index contributed by atoms with van der Waals surface area (Å²) in [7, 11) is -2.63. The summed E-state index contributed by atoms with van der Waals surface area (Å²) in [5.74, 6) is -1.48. The Hall–Kier alpha value is -2.20. The van der Waals surface area contributed by atoms with Crippen LogP contribution in [-0.4, -0.2) is 38.7 Å². The normalized spacial score (nSPS) is 24.1. The van der Waals surface area contributed by atoms with E-state index in [-0.39, 0.29) is 17.7 Å². The van der Waals surface area contributed by atoms with E-state index in [9.17, 15) is 23.3 Å². The van der Waals surface area contributed by atoms with Gasteiger partial charge in [-0.25, -0.2) is 13.1 Å². The monoisotopic (exact) mass is 344 g/mol. The predicted molar refractivity (Wildman–Crippen MR) is 77.2 cm³/mol. The summed E-state index contributed by atoms with van der Waals surface area (Å²) in [6.45, 7) is 0. The molecule has 0 aliphatic heterocycles. The fourth-order valence-corrected chi connectivity index (χ4v) is 3.58. The van der Waals surface area contributed by atoms with Gasteiger partial charge in [0, 0.05) is 13.0 Å². The second-order valence-corrected chi connectivity index (χ2v) is 6.78. The molecule has 1 saturated carbocycles. The van der Waals surface area contributed by atoms with Crippen LogP contribution in [0.4, 0.5) is 0 Å². The van der Waals surface area contributed by atoms with Gasteiger partial charge in [-0.2, -0.15) is 0 Å². The van der Waals surface area contributed by atoms with E-state index in [2.05, 4.69) is 4.84 Å². The number of rotatable bonds is 6. The van der Waals surface area contributed by atoms with Gasteiger partial charge in [0.1, 0.15) is 6.10 Å². The van der Waals surface area contributed by atoms with E-state index in [1.165, 1.54) is 31.4 Å². The van der Waals surface area contributed by atoms with E-state index >= 15 is 0 Å². The van der Waals surface area contributed by atoms with E-state index in [1.807, 2.05) is 4.72 Å². The third-order valence-electron chi connectivity index (χ3n) is 3.63. The van der Waals surface area contributed by atoms with E-state index in [0.717, 1.165) is 0 Å². The van der Waals surface area contributed by atoms with Crippen LogP contribution in [0.1, 0.15) is 12.8 Å². The van der Waals surface area contributed by atoms with Gasteiger partial charge in [0.25, 0.3) is 15.1 Å². The molecule has 1 aliphatic rings. The standard InChI is InChI=1S/C13H16N2O7S/c1-21-11-7-9(8-12(11)22-15(17)18)13(16)14-23(19,20)10-5-3-2-4-6-10/h2-6,9,11-12H,7-8H2,1H3,(H,14,16)/t9-,11+,12+/m1/s1. The summed E-state index contributed by atoms with van der Waals surface area (Å²) in [5, 5.41) is 9.49. The average molecular weight is 344 g/mol. The Balaban J connectivity index is 2.05. The number of ether oxygens (including phenoxy) is 1. The maximum atomic E-state index is 12.2. The molecular weight excluding hydrogens is 328 g/mol. The minimum absolute atomic E-state index is 0.00955. The third kappa shape index (κ3) is 4.17. The molecule has 1 aromatic rings. The first kappa shape index (κ1) is 17.2. The van der Waals surface area contributed by atoms with Crippen molar-refractivity contribution in [2.45, 2.75) is 29.9 Å². The average Bonchev–Trinajstić information content (AvgIpc) is 2.90. The van der Waals surface area contributed by atoms with Crippen LogP contribution < -0.4 is 4.72 Å². The minimum atomic E-state index is -3.98. The second-order valence-electron chi connectivity index (χ2n) is 5.09. The van der Waals surface area contributed by atoms with Crippen molar-refractivity contribution in [2.75, 3.05) is 7.11 Å². The van der Waals surface area contributed by atoms with Crippen molar-refractivity contribution in [2.24, 2.45) is 5.92 Å². The zero-order chi connectivity index (χ0) is 17.0. The van der Waals surface area contributed by atoms with Gasteiger partial charge in [0.05, 0.1) is 11.0 Å². The summed E-state index contributed by atoms with van der Waals surface area (Å²) in [6, 6.07) is 7.45. The van der Waals surface area contributed by atoms with Crippen LogP contribution in [0.5, 0.6) is 0 Å². The number of hydrogen-bond donors (Lipinski definition) is 1. The number of amides is 1. The van der Waals surface area contributed by atoms with Gasteiger partial charge in [-0.05, 0) is 25.0 Å². The Labute approximate surface area is 132 Å². The molecule has 0 bridgehead atoms. The fourth-order valence-electron chi connectivity index (χ4n) is 2.52. The molecule has 10 heteroatoms. The van der Waals surface area contributed by atoms with Crippen molar-refractivity contribution < 1.29 is 27.9 Å². The van der Waals surface area contributed by atoms with Crippen LogP contribution in [0.2, 0.25) is 0 Å². The summed E-state index contributed by atoms with van der Waals surface area (Å²) < 4.78 is 31.3. The Morgan fingerprint density at radius 1 is 1.26 bits per heavy atom. The molecule has 1 aliphatic carbocycles. The lowest BCUT2D eigenvalue weighted by Crippen LogP contribution is -2.35. The highest BCUT2D eigenvalue weighted by Gasteiger charge is 2.41. The topological polar surface area (TPSA) is 125 Å². The molecule has 0 spiro atoms. The van der Waals surface area contributed by atoms with E-state index < -0.39 is 39.1 Å². The molecule has 126 valence electrons. The molecule has 1 aromatic carbocycles. The lowest BCUT2D eigenvalue weighted by atomic mass is 10.1. The van der Waals surface area contributed by atoms with E-state index in [0.29, 0.717) is 0 Å². The van der Waals surface area contributed by atoms with Crippen LogP contribution in [-0.2, 0) is 24.4 Å². The maximum Gasteiger partial charge on any atom is 0.294 e. The molecule has 23 heavy (non-hydrogen) atoms. The van der Waals surface area contributed by atoms with E-state index in [4.69, 9.17) is 4.74 Å². The van der Waals surface area contributed by atoms with Crippen LogP contribution in [0.3, 0.4) is 0 Å². The Morgan fingerprint density at radius 2 is 1.87 bits per heavy atom. The first-order valence-electron chi connectivity index (χ1n) is 6.79. The van der Waals surface area contributed by atoms with Gasteiger partial charge in [-0.15, -0.1) is 10.1 Å². The number of hydrogen-bond acceptors (Lipinski definition) is 7. The number of methoxy groups -OCH3 is 1. The highest BCUT2D eigenvalue weighted by molar-refractivity contribution is 7.90. The van der Waals surface area contributed by atoms with Gasteiger partial charge in [0.15, 0.2) is 0 Å².